The van der Waals surface area contributed by atoms with E-state index in [0.717, 1.165) is 50.5 Å². The molecular weight excluding hydrogens is 782 g/mol. The topological polar surface area (TPSA) is 177 Å². The first-order valence-electron chi connectivity index (χ1n) is 22.4. The van der Waals surface area contributed by atoms with Crippen LogP contribution >= 0.6 is 0 Å². The van der Waals surface area contributed by atoms with Crippen molar-refractivity contribution in [2.75, 3.05) is 27.2 Å². The zero-order valence-corrected chi connectivity index (χ0v) is 40.3. The maximum atomic E-state index is 14.6. The molecule has 1 amide bonds. The van der Waals surface area contributed by atoms with E-state index in [1.807, 2.05) is 48.6 Å². The van der Waals surface area contributed by atoms with Crippen LogP contribution in [0.2, 0.25) is 0 Å². The summed E-state index contributed by atoms with van der Waals surface area (Å²) in [6.45, 7) is 36.0. The van der Waals surface area contributed by atoms with E-state index in [4.69, 9.17) is 16.6 Å². The van der Waals surface area contributed by atoms with Crippen LogP contribution in [0.1, 0.15) is 140 Å². The molecule has 0 aromatic carbocycles. The van der Waals surface area contributed by atoms with Gasteiger partial charge in [-0.25, -0.2) is 0 Å². The Labute approximate surface area is 369 Å². The predicted molar refractivity (Wildman–Crippen MR) is 250 cm³/mol. The molecule has 6 atom stereocenters. The van der Waals surface area contributed by atoms with Crippen molar-refractivity contribution in [3.63, 3.8) is 0 Å². The predicted octanol–water partition coefficient (Wildman–Crippen LogP) is 9.11. The summed E-state index contributed by atoms with van der Waals surface area (Å²) in [6, 6.07) is -0.860. The number of nitrogens with two attached hydrogens (primary N) is 3. The Morgan fingerprint density at radius 2 is 1.49 bits per heavy atom. The number of carbonyl (C=O) groups excluding carboxylic acids is 3. The second-order valence-corrected chi connectivity index (χ2v) is 16.9. The van der Waals surface area contributed by atoms with E-state index in [-0.39, 0.29) is 59.8 Å². The number of ketones is 2. The van der Waals surface area contributed by atoms with Gasteiger partial charge >= 0.3 is 6.18 Å². The number of hydrogen-bond acceptors (Lipinski definition) is 9. The highest BCUT2D eigenvalue weighted by Crippen LogP contribution is 2.39. The average molecular weight is 871 g/mol. The zero-order valence-electron chi connectivity index (χ0n) is 40.3. The number of allylic oxidation sites excluding steroid dienone is 2. The standard InChI is InChI=1S/C40H66F3N5O3.C3H8.C2H5N.C2H6.CH4O/c1-11-19-46-38(51)28(8)31(17-18-39(41,42)43)32(44)21-26(6)20-27(7)37(50)40(45,30-15-13-12-14-16-30)29(9)47-33(24(2)3)23-48(10)34-22-35(49)36(34)25(4)5;1-3-2;1-2-3;2*1-2/h11,24-27,30-33,47H,1,8-9,12-23,44-45H2,2-7,10H3,(H,46,51);3H2,1-2H3;2H,1,3H2;1-2H3;2H,1H3/t26-,27?,31?,32?,33?,40?;;;;/m0..../s1. The number of nitrogens with one attached hydrogen (secondary N) is 2. The third-order valence-corrected chi connectivity index (χ3v) is 11.0. The minimum Gasteiger partial charge on any atom is -0.405 e. The highest BCUT2D eigenvalue weighted by atomic mass is 19.4. The average Bonchev–Trinajstić information content (AvgIpc) is 3.19. The first-order chi connectivity index (χ1) is 28.5. The van der Waals surface area contributed by atoms with Crippen molar-refractivity contribution in [1.29, 1.82) is 0 Å². The SMILES string of the molecule is C=CCNC(=O)C(=C)C(CCC(F)(F)F)C(N)C[C@@H](C)CC(C)C(=O)C(N)(C(=C)NC(CN(C)C1=C(C(C)C)C(=O)C1)C(C)C)C1CCCCC1.C=CN.CC.CCC.CO. The molecular formula is C48H89F3N6O4. The van der Waals surface area contributed by atoms with Gasteiger partial charge < -0.3 is 37.8 Å². The Kier molecular flexibility index (Phi) is 32.7. The van der Waals surface area contributed by atoms with E-state index < -0.39 is 41.9 Å². The Morgan fingerprint density at radius 3 is 1.92 bits per heavy atom. The molecule has 10 nitrogen and oxygen atoms in total. The van der Waals surface area contributed by atoms with Gasteiger partial charge in [-0.1, -0.05) is 121 Å². The number of aliphatic hydroxyl groups is 1. The van der Waals surface area contributed by atoms with Gasteiger partial charge in [0.05, 0.1) is 6.42 Å². The maximum absolute atomic E-state index is 14.6. The number of carbonyl (C=O) groups is 3. The Bertz CT molecular complexity index is 1360. The summed E-state index contributed by atoms with van der Waals surface area (Å²) in [5.41, 5.74) is 19.5. The molecule has 0 aromatic heterocycles. The molecule has 1 fully saturated rings. The van der Waals surface area contributed by atoms with Crippen molar-refractivity contribution < 1.29 is 32.7 Å². The lowest BCUT2D eigenvalue weighted by atomic mass is 9.67. The summed E-state index contributed by atoms with van der Waals surface area (Å²) in [7, 11) is 3.00. The molecule has 0 aliphatic heterocycles. The number of aliphatic hydroxyl groups excluding tert-OH is 1. The van der Waals surface area contributed by atoms with Crippen molar-refractivity contribution >= 4 is 17.5 Å². The summed E-state index contributed by atoms with van der Waals surface area (Å²) >= 11 is 0. The van der Waals surface area contributed by atoms with Crippen molar-refractivity contribution in [2.45, 2.75) is 164 Å². The summed E-state index contributed by atoms with van der Waals surface area (Å²) in [6.07, 6.45) is 3.93. The van der Waals surface area contributed by atoms with Gasteiger partial charge in [-0.15, -0.1) is 6.58 Å². The number of alkyl halides is 3. The molecule has 5 unspecified atom stereocenters. The van der Waals surface area contributed by atoms with Gasteiger partial charge in [0.15, 0.2) is 11.6 Å². The fourth-order valence-corrected chi connectivity index (χ4v) is 7.97. The van der Waals surface area contributed by atoms with E-state index >= 15 is 0 Å². The second kappa shape index (κ2) is 32.3. The lowest BCUT2D eigenvalue weighted by molar-refractivity contribution is -0.138. The first kappa shape index (κ1) is 61.9. The quantitative estimate of drug-likeness (QED) is 0.0458. The van der Waals surface area contributed by atoms with Crippen molar-refractivity contribution in [1.82, 2.24) is 15.5 Å². The normalized spacial score (nSPS) is 17.2. The van der Waals surface area contributed by atoms with Crippen LogP contribution in [0, 0.1) is 35.5 Å². The fraction of sp³-hybridized carbons (Fsp3) is 0.729. The molecule has 2 aliphatic carbocycles. The van der Waals surface area contributed by atoms with E-state index in [2.05, 4.69) is 75.3 Å². The highest BCUT2D eigenvalue weighted by Gasteiger charge is 2.47. The van der Waals surface area contributed by atoms with E-state index in [0.29, 0.717) is 31.5 Å². The van der Waals surface area contributed by atoms with E-state index in [9.17, 15) is 27.6 Å². The monoisotopic (exact) mass is 871 g/mol. The maximum Gasteiger partial charge on any atom is 0.389 e. The molecule has 0 heterocycles. The van der Waals surface area contributed by atoms with Crippen LogP contribution < -0.4 is 27.8 Å². The van der Waals surface area contributed by atoms with Crippen LogP contribution in [-0.2, 0) is 14.4 Å². The largest absolute Gasteiger partial charge is 0.405 e. The van der Waals surface area contributed by atoms with Gasteiger partial charge in [0.2, 0.25) is 5.91 Å². The summed E-state index contributed by atoms with van der Waals surface area (Å²) < 4.78 is 39.7. The Balaban J connectivity index is -0.00000308. The number of nitrogens with zero attached hydrogens (tertiary/aromatic N) is 1. The Morgan fingerprint density at radius 1 is 0.984 bits per heavy atom. The number of likely N-dealkylation sites (N-methyl/N-ethyl adjacent to an activating group) is 1. The second-order valence-electron chi connectivity index (χ2n) is 16.9. The molecule has 0 saturated heterocycles. The van der Waals surface area contributed by atoms with E-state index in [1.54, 1.807) is 0 Å². The third kappa shape index (κ3) is 21.5. The molecule has 2 aliphatic rings. The zero-order chi connectivity index (χ0) is 48.3. The lowest BCUT2D eigenvalue weighted by Crippen LogP contribution is -2.62. The molecule has 13 heteroatoms. The van der Waals surface area contributed by atoms with Gasteiger partial charge in [-0.2, -0.15) is 13.2 Å². The first-order valence-corrected chi connectivity index (χ1v) is 22.4. The van der Waals surface area contributed by atoms with Crippen molar-refractivity contribution in [2.24, 2.45) is 52.7 Å². The number of halogens is 3. The molecule has 0 radical (unpaired) electrons. The van der Waals surface area contributed by atoms with Crippen LogP contribution in [0.3, 0.4) is 0 Å². The van der Waals surface area contributed by atoms with Crippen molar-refractivity contribution in [3.05, 3.63) is 61.1 Å². The van der Waals surface area contributed by atoms with Gasteiger partial charge in [0.25, 0.3) is 0 Å². The van der Waals surface area contributed by atoms with E-state index in [1.165, 1.54) is 18.7 Å². The molecule has 356 valence electrons. The summed E-state index contributed by atoms with van der Waals surface area (Å²) in [4.78, 5) is 41.6. The van der Waals surface area contributed by atoms with Crippen molar-refractivity contribution in [3.8, 4) is 0 Å². The number of rotatable bonds is 22. The van der Waals surface area contributed by atoms with Crippen LogP contribution in [0.5, 0.6) is 0 Å². The van der Waals surface area contributed by atoms with Crippen LogP contribution in [0.15, 0.2) is 61.1 Å². The fourth-order valence-electron chi connectivity index (χ4n) is 7.97. The minimum absolute atomic E-state index is 0.0107. The third-order valence-electron chi connectivity index (χ3n) is 11.0. The summed E-state index contributed by atoms with van der Waals surface area (Å²) in [5, 5.41) is 13.2. The van der Waals surface area contributed by atoms with Gasteiger partial charge in [-0.05, 0) is 62.0 Å². The molecule has 0 spiro atoms. The van der Waals surface area contributed by atoms with Crippen LogP contribution in [0.25, 0.3) is 0 Å². The molecule has 0 bridgehead atoms. The number of amides is 1. The van der Waals surface area contributed by atoms with Crippen LogP contribution in [-0.4, -0.2) is 78.5 Å². The van der Waals surface area contributed by atoms with Crippen LogP contribution in [0.4, 0.5) is 13.2 Å². The highest BCUT2D eigenvalue weighted by molar-refractivity contribution is 6.04. The molecule has 2 rings (SSSR count). The summed E-state index contributed by atoms with van der Waals surface area (Å²) in [5.74, 6) is -1.77. The van der Waals surface area contributed by atoms with Gasteiger partial charge in [-0.3, -0.25) is 14.4 Å². The molecule has 1 saturated carbocycles. The smallest absolute Gasteiger partial charge is 0.389 e. The van der Waals surface area contributed by atoms with Gasteiger partial charge in [0.1, 0.15) is 5.54 Å². The van der Waals surface area contributed by atoms with Gasteiger partial charge in [0, 0.05) is 80.1 Å². The molecule has 9 N–H and O–H groups in total. The minimum atomic E-state index is -4.41. The number of Topliss-reactive ketones (excluding diaryl/α,β-unsaturated/α-hetero) is 2. The lowest BCUT2D eigenvalue weighted by Gasteiger charge is -2.44. The Hall–Kier alpha value is -3.42. The number of hydrogen-bond donors (Lipinski definition) is 6. The molecule has 61 heavy (non-hydrogen) atoms. The molecule has 0 aromatic rings.